The monoisotopic (exact) mass is 409 g/mol. The molecule has 1 aliphatic rings. The van der Waals surface area contributed by atoms with Crippen molar-refractivity contribution in [1.29, 1.82) is 0 Å². The summed E-state index contributed by atoms with van der Waals surface area (Å²) >= 11 is 0. The highest BCUT2D eigenvalue weighted by molar-refractivity contribution is 7.83. The van der Waals surface area contributed by atoms with Gasteiger partial charge in [0.1, 0.15) is 11.6 Å². The van der Waals surface area contributed by atoms with E-state index >= 15 is 0 Å². The van der Waals surface area contributed by atoms with Crippen molar-refractivity contribution in [3.8, 4) is 11.4 Å². The number of aryl methyl sites for hydroxylation is 2. The molecule has 29 heavy (non-hydrogen) atoms. The lowest BCUT2D eigenvalue weighted by Gasteiger charge is -2.13. The second kappa shape index (κ2) is 7.83. The summed E-state index contributed by atoms with van der Waals surface area (Å²) in [4.78, 5) is 12.8. The number of carbonyl (C=O) groups is 1. The highest BCUT2D eigenvalue weighted by Crippen LogP contribution is 2.32. The molecule has 1 N–H and O–H groups in total. The van der Waals surface area contributed by atoms with Crippen LogP contribution in [0.5, 0.6) is 5.75 Å². The summed E-state index contributed by atoms with van der Waals surface area (Å²) in [6, 6.07) is 13.5. The molecule has 4 rings (SSSR count). The fraction of sp³-hybridized carbons (Fsp3) is 0.273. The second-order valence-corrected chi connectivity index (χ2v) is 8.73. The molecule has 3 aromatic rings. The molecule has 1 aromatic heterocycles. The minimum Gasteiger partial charge on any atom is -0.497 e. The number of hydrogen-bond donors (Lipinski definition) is 1. The lowest BCUT2D eigenvalue weighted by atomic mass is 10.1. The number of benzene rings is 2. The molecule has 1 atom stereocenters. The minimum atomic E-state index is -0.970. The van der Waals surface area contributed by atoms with Crippen LogP contribution in [-0.2, 0) is 33.5 Å². The number of rotatable bonds is 5. The molecule has 150 valence electrons. The van der Waals surface area contributed by atoms with Gasteiger partial charge in [-0.15, -0.1) is 0 Å². The Balaban J connectivity index is 1.65. The Morgan fingerprint density at radius 3 is 2.62 bits per heavy atom. The van der Waals surface area contributed by atoms with Crippen molar-refractivity contribution in [1.82, 2.24) is 9.78 Å². The number of nitrogens with zero attached hydrogens (tertiary/aromatic N) is 2. The summed E-state index contributed by atoms with van der Waals surface area (Å²) in [5.74, 6) is 2.08. The molecule has 2 aromatic carbocycles. The molecule has 0 aliphatic carbocycles. The third-order valence-electron chi connectivity index (χ3n) is 5.03. The van der Waals surface area contributed by atoms with Crippen molar-refractivity contribution in [3.63, 3.8) is 0 Å². The van der Waals surface area contributed by atoms with E-state index in [-0.39, 0.29) is 12.3 Å². The van der Waals surface area contributed by atoms with Crippen molar-refractivity contribution in [2.24, 2.45) is 0 Å². The zero-order chi connectivity index (χ0) is 20.5. The number of carbonyl (C=O) groups excluding carboxylic acids is 1. The quantitative estimate of drug-likeness (QED) is 0.701. The van der Waals surface area contributed by atoms with Crippen LogP contribution >= 0.6 is 0 Å². The van der Waals surface area contributed by atoms with Gasteiger partial charge in [-0.3, -0.25) is 9.00 Å². The van der Waals surface area contributed by atoms with Crippen LogP contribution in [0.3, 0.4) is 0 Å². The van der Waals surface area contributed by atoms with Gasteiger partial charge in [-0.05, 0) is 43.2 Å². The van der Waals surface area contributed by atoms with Crippen LogP contribution in [0.2, 0.25) is 0 Å². The first-order chi connectivity index (χ1) is 13.9. The van der Waals surface area contributed by atoms with Crippen LogP contribution in [0.25, 0.3) is 5.69 Å². The van der Waals surface area contributed by atoms with Gasteiger partial charge in [0.15, 0.2) is 0 Å². The fourth-order valence-corrected chi connectivity index (χ4v) is 4.84. The Morgan fingerprint density at radius 1 is 1.17 bits per heavy atom. The Labute approximate surface area is 172 Å². The number of nitrogens with one attached hydrogen (secondary N) is 1. The van der Waals surface area contributed by atoms with Gasteiger partial charge in [0.05, 0.1) is 36.4 Å². The van der Waals surface area contributed by atoms with Crippen LogP contribution in [0.1, 0.15) is 27.9 Å². The molecule has 0 unspecified atom stereocenters. The number of methoxy groups -OCH3 is 1. The number of fused-ring (bicyclic) bond motifs is 1. The maximum Gasteiger partial charge on any atom is 0.229 e. The third-order valence-corrected chi connectivity index (χ3v) is 6.24. The van der Waals surface area contributed by atoms with E-state index in [1.54, 1.807) is 11.8 Å². The predicted octanol–water partition coefficient (Wildman–Crippen LogP) is 3.44. The van der Waals surface area contributed by atoms with Crippen LogP contribution < -0.4 is 10.1 Å². The SMILES string of the molecule is COc1ccc(CC(=O)Nc2c3c(nn2-c2ccc(C)cc2C)C[S@](=O)C3)cc1. The molecule has 2 heterocycles. The Morgan fingerprint density at radius 2 is 1.93 bits per heavy atom. The fourth-order valence-electron chi connectivity index (χ4n) is 3.58. The Kier molecular flexibility index (Phi) is 5.24. The van der Waals surface area contributed by atoms with Crippen LogP contribution in [-0.4, -0.2) is 27.0 Å². The topological polar surface area (TPSA) is 73.2 Å². The highest BCUT2D eigenvalue weighted by atomic mass is 32.2. The number of hydrogen-bond acceptors (Lipinski definition) is 4. The first-order valence-corrected chi connectivity index (χ1v) is 10.9. The van der Waals surface area contributed by atoms with Crippen molar-refractivity contribution < 1.29 is 13.7 Å². The van der Waals surface area contributed by atoms with Crippen molar-refractivity contribution in [2.45, 2.75) is 31.8 Å². The number of ether oxygens (including phenoxy) is 1. The van der Waals surface area contributed by atoms with Gasteiger partial charge < -0.3 is 10.1 Å². The van der Waals surface area contributed by atoms with Crippen LogP contribution in [0.15, 0.2) is 42.5 Å². The first kappa shape index (κ1) is 19.4. The third kappa shape index (κ3) is 3.96. The van der Waals surface area contributed by atoms with Gasteiger partial charge in [-0.25, -0.2) is 4.68 Å². The predicted molar refractivity (Wildman–Crippen MR) is 114 cm³/mol. The number of aromatic nitrogens is 2. The van der Waals surface area contributed by atoms with Gasteiger partial charge in [0, 0.05) is 16.4 Å². The van der Waals surface area contributed by atoms with E-state index in [0.29, 0.717) is 17.3 Å². The molecule has 1 amide bonds. The first-order valence-electron chi connectivity index (χ1n) is 9.40. The van der Waals surface area contributed by atoms with Crippen LogP contribution in [0, 0.1) is 13.8 Å². The normalized spacial score (nSPS) is 15.2. The van der Waals surface area contributed by atoms with Gasteiger partial charge in [0.25, 0.3) is 0 Å². The molecular weight excluding hydrogens is 386 g/mol. The van der Waals surface area contributed by atoms with E-state index in [2.05, 4.69) is 16.5 Å². The van der Waals surface area contributed by atoms with Gasteiger partial charge in [-0.2, -0.15) is 5.10 Å². The molecule has 0 radical (unpaired) electrons. The summed E-state index contributed by atoms with van der Waals surface area (Å²) in [7, 11) is 0.642. The largest absolute Gasteiger partial charge is 0.497 e. The van der Waals surface area contributed by atoms with E-state index in [1.165, 1.54) is 0 Å². The van der Waals surface area contributed by atoms with Gasteiger partial charge in [-0.1, -0.05) is 29.8 Å². The molecule has 1 aliphatic heterocycles. The summed E-state index contributed by atoms with van der Waals surface area (Å²) in [5.41, 5.74) is 5.70. The Bertz CT molecular complexity index is 1100. The average molecular weight is 410 g/mol. The number of amides is 1. The summed E-state index contributed by atoms with van der Waals surface area (Å²) in [6.45, 7) is 4.07. The van der Waals surface area contributed by atoms with Gasteiger partial charge in [0.2, 0.25) is 5.91 Å². The Hall–Kier alpha value is -2.93. The zero-order valence-electron chi connectivity index (χ0n) is 16.7. The van der Waals surface area contributed by atoms with Crippen molar-refractivity contribution >= 4 is 22.5 Å². The summed E-state index contributed by atoms with van der Waals surface area (Å²) in [5, 5.41) is 7.70. The lowest BCUT2D eigenvalue weighted by Crippen LogP contribution is -2.18. The van der Waals surface area contributed by atoms with E-state index in [9.17, 15) is 9.00 Å². The standard InChI is InChI=1S/C22H23N3O3S/c1-14-4-9-20(15(2)10-14)25-22(18-12-29(27)13-19(18)24-25)23-21(26)11-16-5-7-17(28-3)8-6-16/h4-10H,11-13H2,1-3H3,(H,23,26)/t29-/m1/s1. The minimum absolute atomic E-state index is 0.137. The molecule has 6 nitrogen and oxygen atoms in total. The van der Waals surface area contributed by atoms with Crippen molar-refractivity contribution in [3.05, 3.63) is 70.4 Å². The summed E-state index contributed by atoms with van der Waals surface area (Å²) in [6.07, 6.45) is 0.236. The zero-order valence-corrected chi connectivity index (χ0v) is 17.5. The molecule has 7 heteroatoms. The molecular formula is C22H23N3O3S. The van der Waals surface area contributed by atoms with Crippen molar-refractivity contribution in [2.75, 3.05) is 12.4 Å². The average Bonchev–Trinajstić information content (AvgIpc) is 3.19. The van der Waals surface area contributed by atoms with Gasteiger partial charge >= 0.3 is 0 Å². The molecule has 0 spiro atoms. The number of anilines is 1. The maximum atomic E-state index is 12.8. The van der Waals surface area contributed by atoms with E-state index in [1.807, 2.05) is 50.2 Å². The second-order valence-electron chi connectivity index (χ2n) is 7.28. The molecule has 0 fully saturated rings. The molecule has 0 bridgehead atoms. The van der Waals surface area contributed by atoms with E-state index in [0.717, 1.165) is 39.4 Å². The summed E-state index contributed by atoms with van der Waals surface area (Å²) < 4.78 is 19.0. The molecule has 0 saturated carbocycles. The smallest absolute Gasteiger partial charge is 0.229 e. The van der Waals surface area contributed by atoms with E-state index in [4.69, 9.17) is 4.74 Å². The lowest BCUT2D eigenvalue weighted by molar-refractivity contribution is -0.115. The molecule has 0 saturated heterocycles. The highest BCUT2D eigenvalue weighted by Gasteiger charge is 2.28. The maximum absolute atomic E-state index is 12.8. The van der Waals surface area contributed by atoms with E-state index < -0.39 is 10.8 Å². The van der Waals surface area contributed by atoms with Crippen LogP contribution in [0.4, 0.5) is 5.82 Å².